The van der Waals surface area contributed by atoms with Gasteiger partial charge in [0.15, 0.2) is 0 Å². The van der Waals surface area contributed by atoms with Crippen LogP contribution in [0.4, 0.5) is 0 Å². The summed E-state index contributed by atoms with van der Waals surface area (Å²) >= 11 is 6.25. The van der Waals surface area contributed by atoms with E-state index >= 15 is 0 Å². The summed E-state index contributed by atoms with van der Waals surface area (Å²) in [4.78, 5) is 4.06. The van der Waals surface area contributed by atoms with Crippen molar-refractivity contribution in [2.45, 2.75) is 38.6 Å². The first-order valence-electron chi connectivity index (χ1n) is 6.49. The van der Waals surface area contributed by atoms with Crippen LogP contribution in [0, 0.1) is 11.8 Å². The van der Waals surface area contributed by atoms with Crippen LogP contribution in [-0.2, 0) is 0 Å². The monoisotopic (exact) mass is 252 g/mol. The van der Waals surface area contributed by atoms with Crippen molar-refractivity contribution in [1.82, 2.24) is 10.3 Å². The quantitative estimate of drug-likeness (QED) is 0.885. The van der Waals surface area contributed by atoms with Crippen LogP contribution in [0.5, 0.6) is 0 Å². The highest BCUT2D eigenvalue weighted by atomic mass is 35.5. The van der Waals surface area contributed by atoms with E-state index in [4.69, 9.17) is 11.6 Å². The molecule has 1 fully saturated rings. The summed E-state index contributed by atoms with van der Waals surface area (Å²) in [7, 11) is 2.03. The molecule has 94 valence electrons. The standard InChI is InChI=1S/C14H21ClN2/c1-10-4-3-5-11(8-10)14(16-2)12-6-7-17-9-13(12)15/h6-7,9-11,14,16H,3-5,8H2,1-2H3. The lowest BCUT2D eigenvalue weighted by atomic mass is 9.77. The van der Waals surface area contributed by atoms with Crippen LogP contribution in [0.3, 0.4) is 0 Å². The van der Waals surface area contributed by atoms with Crippen molar-refractivity contribution in [3.63, 3.8) is 0 Å². The second-order valence-corrected chi connectivity index (χ2v) is 5.60. The first kappa shape index (κ1) is 12.8. The first-order chi connectivity index (χ1) is 8.22. The van der Waals surface area contributed by atoms with Gasteiger partial charge in [0, 0.05) is 18.4 Å². The Morgan fingerprint density at radius 1 is 1.47 bits per heavy atom. The zero-order valence-electron chi connectivity index (χ0n) is 10.6. The van der Waals surface area contributed by atoms with Gasteiger partial charge in [0.05, 0.1) is 5.02 Å². The molecule has 1 saturated carbocycles. The second-order valence-electron chi connectivity index (χ2n) is 5.20. The van der Waals surface area contributed by atoms with Crippen molar-refractivity contribution in [2.24, 2.45) is 11.8 Å². The molecule has 1 aromatic heterocycles. The van der Waals surface area contributed by atoms with E-state index in [1.807, 2.05) is 19.3 Å². The van der Waals surface area contributed by atoms with E-state index in [0.29, 0.717) is 12.0 Å². The van der Waals surface area contributed by atoms with Crippen molar-refractivity contribution in [1.29, 1.82) is 0 Å². The summed E-state index contributed by atoms with van der Waals surface area (Å²) in [6.07, 6.45) is 8.88. The molecule has 0 amide bonds. The largest absolute Gasteiger partial charge is 0.313 e. The van der Waals surface area contributed by atoms with Gasteiger partial charge in [-0.25, -0.2) is 0 Å². The third-order valence-corrected chi connectivity index (χ3v) is 4.21. The van der Waals surface area contributed by atoms with Crippen LogP contribution in [0.15, 0.2) is 18.5 Å². The highest BCUT2D eigenvalue weighted by Crippen LogP contribution is 2.38. The molecule has 1 heterocycles. The van der Waals surface area contributed by atoms with E-state index in [2.05, 4.69) is 17.2 Å². The molecule has 1 aliphatic carbocycles. The van der Waals surface area contributed by atoms with Gasteiger partial charge in [-0.3, -0.25) is 4.98 Å². The molecule has 1 aliphatic rings. The predicted octanol–water partition coefficient (Wildman–Crippen LogP) is 3.82. The van der Waals surface area contributed by atoms with Gasteiger partial charge in [0.2, 0.25) is 0 Å². The van der Waals surface area contributed by atoms with Crippen LogP contribution in [0.1, 0.15) is 44.2 Å². The number of aromatic nitrogens is 1. The number of pyridine rings is 1. The van der Waals surface area contributed by atoms with Crippen LogP contribution >= 0.6 is 11.6 Å². The van der Waals surface area contributed by atoms with Crippen molar-refractivity contribution >= 4 is 11.6 Å². The number of nitrogens with one attached hydrogen (secondary N) is 1. The second kappa shape index (κ2) is 5.83. The molecule has 2 nitrogen and oxygen atoms in total. The van der Waals surface area contributed by atoms with E-state index in [0.717, 1.165) is 10.9 Å². The Morgan fingerprint density at radius 2 is 2.29 bits per heavy atom. The molecule has 0 aliphatic heterocycles. The van der Waals surface area contributed by atoms with Crippen molar-refractivity contribution in [3.05, 3.63) is 29.0 Å². The molecule has 0 aromatic carbocycles. The summed E-state index contributed by atoms with van der Waals surface area (Å²) in [5, 5.41) is 4.22. The molecule has 17 heavy (non-hydrogen) atoms. The maximum atomic E-state index is 6.25. The van der Waals surface area contributed by atoms with Crippen LogP contribution in [-0.4, -0.2) is 12.0 Å². The highest BCUT2D eigenvalue weighted by Gasteiger charge is 2.27. The Balaban J connectivity index is 2.18. The maximum absolute atomic E-state index is 6.25. The molecule has 1 N–H and O–H groups in total. The molecular formula is C14H21ClN2. The lowest BCUT2D eigenvalue weighted by molar-refractivity contribution is 0.230. The zero-order chi connectivity index (χ0) is 12.3. The third kappa shape index (κ3) is 2.99. The lowest BCUT2D eigenvalue weighted by Crippen LogP contribution is -2.29. The fourth-order valence-electron chi connectivity index (χ4n) is 3.07. The minimum atomic E-state index is 0.369. The summed E-state index contributed by atoms with van der Waals surface area (Å²) in [5.41, 5.74) is 1.20. The number of hydrogen-bond acceptors (Lipinski definition) is 2. The first-order valence-corrected chi connectivity index (χ1v) is 6.87. The van der Waals surface area contributed by atoms with Gasteiger partial charge in [-0.15, -0.1) is 0 Å². The Labute approximate surface area is 109 Å². The summed E-state index contributed by atoms with van der Waals surface area (Å²) in [6.45, 7) is 2.35. The van der Waals surface area contributed by atoms with Gasteiger partial charge in [-0.1, -0.05) is 31.4 Å². The molecule has 1 aromatic rings. The molecule has 2 rings (SSSR count). The van der Waals surface area contributed by atoms with Crippen LogP contribution in [0.25, 0.3) is 0 Å². The van der Waals surface area contributed by atoms with Gasteiger partial charge in [-0.2, -0.15) is 0 Å². The highest BCUT2D eigenvalue weighted by molar-refractivity contribution is 6.31. The fraction of sp³-hybridized carbons (Fsp3) is 0.643. The van der Waals surface area contributed by atoms with Gasteiger partial charge in [0.1, 0.15) is 0 Å². The minimum absolute atomic E-state index is 0.369. The van der Waals surface area contributed by atoms with Gasteiger partial charge in [-0.05, 0) is 43.4 Å². The van der Waals surface area contributed by atoms with Gasteiger partial charge < -0.3 is 5.32 Å². The van der Waals surface area contributed by atoms with Crippen molar-refractivity contribution in [3.8, 4) is 0 Å². The Bertz CT molecular complexity index is 367. The van der Waals surface area contributed by atoms with E-state index < -0.39 is 0 Å². The normalized spacial score (nSPS) is 26.8. The van der Waals surface area contributed by atoms with Crippen molar-refractivity contribution in [2.75, 3.05) is 7.05 Å². The number of halogens is 1. The molecule has 0 saturated heterocycles. The number of rotatable bonds is 3. The summed E-state index contributed by atoms with van der Waals surface area (Å²) in [5.74, 6) is 1.54. The number of nitrogens with zero attached hydrogens (tertiary/aromatic N) is 1. The van der Waals surface area contributed by atoms with Crippen LogP contribution < -0.4 is 5.32 Å². The van der Waals surface area contributed by atoms with E-state index in [9.17, 15) is 0 Å². The summed E-state index contributed by atoms with van der Waals surface area (Å²) in [6, 6.07) is 2.41. The molecule has 0 bridgehead atoms. The average molecular weight is 253 g/mol. The lowest BCUT2D eigenvalue weighted by Gasteiger charge is -2.33. The maximum Gasteiger partial charge on any atom is 0.0637 e. The fourth-order valence-corrected chi connectivity index (χ4v) is 3.30. The van der Waals surface area contributed by atoms with Crippen molar-refractivity contribution < 1.29 is 0 Å². The third-order valence-electron chi connectivity index (χ3n) is 3.90. The number of hydrogen-bond donors (Lipinski definition) is 1. The molecule has 3 unspecified atom stereocenters. The molecule has 0 radical (unpaired) electrons. The minimum Gasteiger partial charge on any atom is -0.313 e. The Morgan fingerprint density at radius 3 is 2.94 bits per heavy atom. The van der Waals surface area contributed by atoms with Crippen LogP contribution in [0.2, 0.25) is 5.02 Å². The Hall–Kier alpha value is -0.600. The summed E-state index contributed by atoms with van der Waals surface area (Å²) < 4.78 is 0. The topological polar surface area (TPSA) is 24.9 Å². The smallest absolute Gasteiger partial charge is 0.0637 e. The molecule has 0 spiro atoms. The molecule has 3 atom stereocenters. The molecule has 3 heteroatoms. The van der Waals surface area contributed by atoms with Gasteiger partial charge >= 0.3 is 0 Å². The average Bonchev–Trinajstić information content (AvgIpc) is 2.33. The predicted molar refractivity (Wildman–Crippen MR) is 72.2 cm³/mol. The van der Waals surface area contributed by atoms with E-state index in [1.54, 1.807) is 6.20 Å². The Kier molecular flexibility index (Phi) is 4.41. The zero-order valence-corrected chi connectivity index (χ0v) is 11.4. The van der Waals surface area contributed by atoms with E-state index in [1.165, 1.54) is 31.2 Å². The SMILES string of the molecule is CNC(c1ccncc1Cl)C1CCCC(C)C1. The molecular weight excluding hydrogens is 232 g/mol. The van der Waals surface area contributed by atoms with Gasteiger partial charge in [0.25, 0.3) is 0 Å². The van der Waals surface area contributed by atoms with E-state index in [-0.39, 0.29) is 0 Å².